The molecule has 0 aliphatic carbocycles. The Labute approximate surface area is 158 Å². The van der Waals surface area contributed by atoms with Gasteiger partial charge in [0.15, 0.2) is 11.6 Å². The number of amides is 1. The first kappa shape index (κ1) is 17.8. The number of sulfone groups is 1. The zero-order valence-electron chi connectivity index (χ0n) is 13.8. The van der Waals surface area contributed by atoms with Crippen molar-refractivity contribution in [1.82, 2.24) is 0 Å². The van der Waals surface area contributed by atoms with Crippen LogP contribution in [0.5, 0.6) is 0 Å². The molecule has 27 heavy (non-hydrogen) atoms. The lowest BCUT2D eigenvalue weighted by Gasteiger charge is -2.23. The minimum absolute atomic E-state index is 0.00864. The van der Waals surface area contributed by atoms with Crippen molar-refractivity contribution in [2.24, 2.45) is 0 Å². The van der Waals surface area contributed by atoms with E-state index >= 15 is 0 Å². The maximum atomic E-state index is 13.7. The zero-order chi connectivity index (χ0) is 19.2. The van der Waals surface area contributed by atoms with Crippen LogP contribution in [-0.4, -0.2) is 14.3 Å². The lowest BCUT2D eigenvalue weighted by Crippen LogP contribution is -2.23. The van der Waals surface area contributed by atoms with Crippen molar-refractivity contribution in [3.05, 3.63) is 76.0 Å². The molecule has 4 rings (SSSR count). The highest BCUT2D eigenvalue weighted by Gasteiger charge is 2.34. The third-order valence-electron chi connectivity index (χ3n) is 4.45. The van der Waals surface area contributed by atoms with Crippen LogP contribution in [0.2, 0.25) is 0 Å². The van der Waals surface area contributed by atoms with Crippen LogP contribution in [0.4, 0.5) is 14.5 Å². The van der Waals surface area contributed by atoms with Crippen LogP contribution in [-0.2, 0) is 14.6 Å². The van der Waals surface area contributed by atoms with Crippen LogP contribution in [0.3, 0.4) is 0 Å². The summed E-state index contributed by atoms with van der Waals surface area (Å²) in [5.41, 5.74) is 0.644. The third kappa shape index (κ3) is 3.04. The number of benzene rings is 2. The number of hydrogen-bond donors (Lipinski definition) is 1. The second-order valence-corrected chi connectivity index (χ2v) is 8.96. The summed E-state index contributed by atoms with van der Waals surface area (Å²) in [6, 6.07) is 11.4. The van der Waals surface area contributed by atoms with Crippen LogP contribution in [0.25, 0.3) is 0 Å². The molecule has 0 saturated carbocycles. The molecule has 0 bridgehead atoms. The van der Waals surface area contributed by atoms with Crippen molar-refractivity contribution in [1.29, 1.82) is 0 Å². The summed E-state index contributed by atoms with van der Waals surface area (Å²) in [7, 11) is -3.82. The molecule has 2 heterocycles. The Morgan fingerprint density at radius 3 is 2.48 bits per heavy atom. The van der Waals surface area contributed by atoms with Gasteiger partial charge in [-0.1, -0.05) is 24.3 Å². The zero-order valence-corrected chi connectivity index (χ0v) is 15.4. The van der Waals surface area contributed by atoms with Crippen molar-refractivity contribution >= 4 is 32.8 Å². The van der Waals surface area contributed by atoms with Crippen LogP contribution in [0.1, 0.15) is 22.8 Å². The van der Waals surface area contributed by atoms with Crippen molar-refractivity contribution in [3.63, 3.8) is 0 Å². The predicted octanol–water partition coefficient (Wildman–Crippen LogP) is 4.33. The van der Waals surface area contributed by atoms with Gasteiger partial charge in [-0.3, -0.25) is 4.79 Å². The smallest absolute Gasteiger partial charge is 0.225 e. The summed E-state index contributed by atoms with van der Waals surface area (Å²) in [6.45, 7) is 0. The van der Waals surface area contributed by atoms with E-state index in [0.29, 0.717) is 10.4 Å². The van der Waals surface area contributed by atoms with E-state index in [2.05, 4.69) is 5.32 Å². The number of carbonyl (C=O) groups excluding carboxylic acids is 1. The van der Waals surface area contributed by atoms with Gasteiger partial charge in [-0.05, 0) is 29.8 Å². The van der Waals surface area contributed by atoms with Gasteiger partial charge in [-0.15, -0.1) is 11.3 Å². The molecule has 2 aromatic carbocycles. The van der Waals surface area contributed by atoms with E-state index in [1.807, 2.05) is 0 Å². The highest BCUT2D eigenvalue weighted by Crippen LogP contribution is 2.45. The van der Waals surface area contributed by atoms with Gasteiger partial charge in [0.1, 0.15) is 4.90 Å². The summed E-state index contributed by atoms with van der Waals surface area (Å²) in [5, 5.41) is 4.11. The molecule has 0 saturated heterocycles. The summed E-state index contributed by atoms with van der Waals surface area (Å²) in [6.07, 6.45) is 0.0312. The van der Waals surface area contributed by atoms with Crippen molar-refractivity contribution in [2.75, 3.05) is 5.32 Å². The molecule has 1 amide bonds. The molecule has 4 nitrogen and oxygen atoms in total. The third-order valence-corrected chi connectivity index (χ3v) is 7.48. The maximum Gasteiger partial charge on any atom is 0.225 e. The second-order valence-electron chi connectivity index (χ2n) is 6.13. The minimum atomic E-state index is -3.82. The molecule has 1 N–H and O–H groups in total. The molecule has 3 aromatic rings. The first-order chi connectivity index (χ1) is 12.9. The number of anilines is 1. The van der Waals surface area contributed by atoms with Gasteiger partial charge in [0, 0.05) is 22.6 Å². The van der Waals surface area contributed by atoms with Crippen molar-refractivity contribution < 1.29 is 22.0 Å². The van der Waals surface area contributed by atoms with E-state index in [4.69, 9.17) is 0 Å². The molecule has 8 heteroatoms. The van der Waals surface area contributed by atoms with E-state index in [1.165, 1.54) is 34.9 Å². The Morgan fingerprint density at radius 2 is 1.78 bits per heavy atom. The normalized spacial score (nSPS) is 16.7. The number of thiophene rings is 1. The largest absolute Gasteiger partial charge is 0.324 e. The van der Waals surface area contributed by atoms with Gasteiger partial charge in [0.05, 0.1) is 10.6 Å². The lowest BCUT2D eigenvalue weighted by atomic mass is 9.90. The molecule has 138 valence electrons. The van der Waals surface area contributed by atoms with Gasteiger partial charge in [-0.2, -0.15) is 0 Å². The molecular weight excluding hydrogens is 392 g/mol. The monoisotopic (exact) mass is 405 g/mol. The molecule has 1 atom stereocenters. The van der Waals surface area contributed by atoms with Crippen molar-refractivity contribution in [2.45, 2.75) is 22.1 Å². The molecule has 0 radical (unpaired) electrons. The van der Waals surface area contributed by atoms with E-state index < -0.39 is 27.4 Å². The van der Waals surface area contributed by atoms with Crippen LogP contribution < -0.4 is 5.32 Å². The fraction of sp³-hybridized carbons (Fsp3) is 0.105. The summed E-state index contributed by atoms with van der Waals surface area (Å²) in [4.78, 5) is 12.9. The maximum absolute atomic E-state index is 13.7. The average Bonchev–Trinajstić information content (AvgIpc) is 3.08. The van der Waals surface area contributed by atoms with E-state index in [-0.39, 0.29) is 27.8 Å². The van der Waals surface area contributed by atoms with Gasteiger partial charge >= 0.3 is 0 Å². The molecule has 1 aromatic heterocycles. The molecule has 1 aliphatic rings. The van der Waals surface area contributed by atoms with Gasteiger partial charge in [0.25, 0.3) is 0 Å². The van der Waals surface area contributed by atoms with E-state index in [0.717, 1.165) is 12.1 Å². The van der Waals surface area contributed by atoms with E-state index in [9.17, 15) is 22.0 Å². The Hall–Kier alpha value is -2.58. The van der Waals surface area contributed by atoms with Gasteiger partial charge in [0.2, 0.25) is 15.7 Å². The second kappa shape index (κ2) is 6.54. The number of fused-ring (bicyclic) bond motifs is 1. The fourth-order valence-electron chi connectivity index (χ4n) is 3.13. The molecule has 0 spiro atoms. The average molecular weight is 405 g/mol. The number of rotatable bonds is 3. The standard InChI is InChI=1S/C19H13F2NO3S2/c20-14-7-6-11(8-15(14)21)13-9-17(23)22-18-16(10-26-19(13)18)27(24,25)12-4-2-1-3-5-12/h1-8,10,13H,9H2,(H,22,23)/t13-/m1/s1. The number of hydrogen-bond acceptors (Lipinski definition) is 4. The highest BCUT2D eigenvalue weighted by molar-refractivity contribution is 7.91. The van der Waals surface area contributed by atoms with Crippen LogP contribution in [0, 0.1) is 11.6 Å². The Bertz CT molecular complexity index is 1140. The van der Waals surface area contributed by atoms with Crippen LogP contribution >= 0.6 is 11.3 Å². The minimum Gasteiger partial charge on any atom is -0.324 e. The topological polar surface area (TPSA) is 63.2 Å². The first-order valence-electron chi connectivity index (χ1n) is 8.04. The number of nitrogens with one attached hydrogen (secondary N) is 1. The molecule has 1 aliphatic heterocycles. The number of carbonyl (C=O) groups is 1. The molecule has 0 unspecified atom stereocenters. The summed E-state index contributed by atoms with van der Waals surface area (Å²) in [5.74, 6) is -2.89. The van der Waals surface area contributed by atoms with Gasteiger partial charge in [-0.25, -0.2) is 17.2 Å². The van der Waals surface area contributed by atoms with E-state index in [1.54, 1.807) is 18.2 Å². The quantitative estimate of drug-likeness (QED) is 0.705. The number of halogens is 2. The van der Waals surface area contributed by atoms with Gasteiger partial charge < -0.3 is 5.32 Å². The summed E-state index contributed by atoms with van der Waals surface area (Å²) >= 11 is 1.18. The first-order valence-corrected chi connectivity index (χ1v) is 10.4. The van der Waals surface area contributed by atoms with Crippen LogP contribution in [0.15, 0.2) is 63.7 Å². The Balaban J connectivity index is 1.84. The summed E-state index contributed by atoms with van der Waals surface area (Å²) < 4.78 is 52.8. The van der Waals surface area contributed by atoms with Crippen molar-refractivity contribution in [3.8, 4) is 0 Å². The SMILES string of the molecule is O=C1C[C@H](c2ccc(F)c(F)c2)c2scc(S(=O)(=O)c3ccccc3)c2N1. The molecular formula is C19H13F2NO3S2. The predicted molar refractivity (Wildman–Crippen MR) is 97.7 cm³/mol. The Morgan fingerprint density at radius 1 is 1.04 bits per heavy atom. The Kier molecular flexibility index (Phi) is 4.32. The highest BCUT2D eigenvalue weighted by atomic mass is 32.2. The molecule has 0 fully saturated rings. The lowest BCUT2D eigenvalue weighted by molar-refractivity contribution is -0.116. The fourth-order valence-corrected chi connectivity index (χ4v) is 6.06.